The third kappa shape index (κ3) is 6.81. The molecule has 0 aliphatic heterocycles. The van der Waals surface area contributed by atoms with Gasteiger partial charge in [0.2, 0.25) is 17.7 Å². The number of aromatic nitrogens is 3. The molecule has 33 heavy (non-hydrogen) atoms. The molecule has 0 aliphatic carbocycles. The highest BCUT2D eigenvalue weighted by Crippen LogP contribution is 2.28. The smallest absolute Gasteiger partial charge is 0.342 e. The summed E-state index contributed by atoms with van der Waals surface area (Å²) in [5.41, 5.74) is 10.3. The highest BCUT2D eigenvalue weighted by atomic mass is 32.2. The summed E-state index contributed by atoms with van der Waals surface area (Å²) in [7, 11) is 0. The molecule has 0 spiro atoms. The lowest BCUT2D eigenvalue weighted by Gasteiger charge is -2.12. The van der Waals surface area contributed by atoms with Crippen LogP contribution >= 0.6 is 11.8 Å². The summed E-state index contributed by atoms with van der Waals surface area (Å²) >= 11 is 1.12. The molecule has 2 aromatic rings. The van der Waals surface area contributed by atoms with E-state index in [1.165, 1.54) is 6.92 Å². The molecule has 2 rings (SSSR count). The number of nitrogens with zero attached hydrogens (tertiary/aromatic N) is 3. The lowest BCUT2D eigenvalue weighted by Crippen LogP contribution is -2.21. The fourth-order valence-corrected chi connectivity index (χ4v) is 3.77. The van der Waals surface area contributed by atoms with Crippen LogP contribution in [0.25, 0.3) is 0 Å². The maximum Gasteiger partial charge on any atom is 0.342 e. The van der Waals surface area contributed by atoms with Crippen LogP contribution in [-0.4, -0.2) is 50.8 Å². The van der Waals surface area contributed by atoms with Crippen molar-refractivity contribution >= 4 is 41.3 Å². The van der Waals surface area contributed by atoms with Crippen molar-refractivity contribution in [3.05, 3.63) is 22.7 Å². The Morgan fingerprint density at radius 2 is 1.88 bits per heavy atom. The normalized spacial score (nSPS) is 10.9. The van der Waals surface area contributed by atoms with Crippen molar-refractivity contribution < 1.29 is 28.3 Å². The number of carbonyl (C=O) groups excluding carboxylic acids is 4. The van der Waals surface area contributed by atoms with Gasteiger partial charge in [-0.25, -0.2) is 4.79 Å². The van der Waals surface area contributed by atoms with E-state index in [-0.39, 0.29) is 47.5 Å². The molecular formula is C20H28N6O6S. The van der Waals surface area contributed by atoms with Gasteiger partial charge in [0, 0.05) is 19.4 Å². The van der Waals surface area contributed by atoms with Crippen LogP contribution < -0.4 is 16.8 Å². The van der Waals surface area contributed by atoms with E-state index < -0.39 is 23.7 Å². The first kappa shape index (κ1) is 25.9. The minimum absolute atomic E-state index is 0.0846. The molecule has 0 fully saturated rings. The second-order valence-electron chi connectivity index (χ2n) is 7.53. The van der Waals surface area contributed by atoms with Crippen LogP contribution in [0.3, 0.4) is 0 Å². The van der Waals surface area contributed by atoms with Crippen LogP contribution in [0.4, 0.5) is 5.88 Å². The average molecular weight is 481 g/mol. The summed E-state index contributed by atoms with van der Waals surface area (Å²) in [5.74, 6) is -2.00. The van der Waals surface area contributed by atoms with E-state index in [0.717, 1.165) is 11.8 Å². The zero-order valence-corrected chi connectivity index (χ0v) is 19.8. The molecule has 0 saturated heterocycles. The van der Waals surface area contributed by atoms with Gasteiger partial charge in [-0.1, -0.05) is 25.6 Å². The molecule has 13 heteroatoms. The Hall–Kier alpha value is -3.35. The predicted octanol–water partition coefficient (Wildman–Crippen LogP) is 1.26. The molecule has 12 nitrogen and oxygen atoms in total. The lowest BCUT2D eigenvalue weighted by molar-refractivity contribution is -0.118. The van der Waals surface area contributed by atoms with E-state index in [2.05, 4.69) is 15.5 Å². The number of furan rings is 1. The third-order valence-electron chi connectivity index (χ3n) is 4.33. The van der Waals surface area contributed by atoms with Gasteiger partial charge in [-0.05, 0) is 19.8 Å². The number of primary amides is 2. The molecule has 0 unspecified atom stereocenters. The molecule has 0 aliphatic rings. The van der Waals surface area contributed by atoms with Crippen molar-refractivity contribution in [3.63, 3.8) is 0 Å². The van der Waals surface area contributed by atoms with Gasteiger partial charge in [-0.2, -0.15) is 0 Å². The second kappa shape index (κ2) is 11.5. The maximum atomic E-state index is 12.6. The monoisotopic (exact) mass is 480 g/mol. The van der Waals surface area contributed by atoms with Crippen molar-refractivity contribution in [1.29, 1.82) is 0 Å². The summed E-state index contributed by atoms with van der Waals surface area (Å²) in [4.78, 5) is 47.8. The Balaban J connectivity index is 2.16. The molecule has 180 valence electrons. The van der Waals surface area contributed by atoms with Gasteiger partial charge in [-0.3, -0.25) is 19.7 Å². The maximum absolute atomic E-state index is 12.6. The summed E-state index contributed by atoms with van der Waals surface area (Å²) < 4.78 is 12.2. The highest BCUT2D eigenvalue weighted by molar-refractivity contribution is 7.99. The molecule has 3 amide bonds. The molecule has 2 heterocycles. The van der Waals surface area contributed by atoms with Crippen LogP contribution in [0.5, 0.6) is 0 Å². The Bertz CT molecular complexity index is 1040. The number of carbonyl (C=O) groups is 4. The first-order chi connectivity index (χ1) is 15.5. The summed E-state index contributed by atoms with van der Waals surface area (Å²) in [6.07, 6.45) is 0.476. The van der Waals surface area contributed by atoms with E-state index in [1.807, 2.05) is 18.4 Å². The van der Waals surface area contributed by atoms with Crippen molar-refractivity contribution in [3.8, 4) is 0 Å². The van der Waals surface area contributed by atoms with Gasteiger partial charge < -0.3 is 25.2 Å². The largest absolute Gasteiger partial charge is 0.462 e. The zero-order chi connectivity index (χ0) is 24.7. The lowest BCUT2D eigenvalue weighted by atomic mass is 10.1. The first-order valence-corrected chi connectivity index (χ1v) is 11.3. The number of nitrogens with one attached hydrogen (secondary N) is 1. The Morgan fingerprint density at radius 3 is 2.45 bits per heavy atom. The topological polar surface area (TPSA) is 185 Å². The van der Waals surface area contributed by atoms with Gasteiger partial charge in [0.15, 0.2) is 5.16 Å². The average Bonchev–Trinajstić information content (AvgIpc) is 3.24. The number of esters is 1. The van der Waals surface area contributed by atoms with Crippen LogP contribution in [0.1, 0.15) is 59.5 Å². The van der Waals surface area contributed by atoms with Gasteiger partial charge in [0.1, 0.15) is 22.7 Å². The molecule has 2 aromatic heterocycles. The van der Waals surface area contributed by atoms with Gasteiger partial charge in [-0.15, -0.1) is 10.2 Å². The predicted molar refractivity (Wildman–Crippen MR) is 120 cm³/mol. The van der Waals surface area contributed by atoms with Gasteiger partial charge >= 0.3 is 5.97 Å². The standard InChI is InChI=1S/C20H28N6O6S/c1-5-31-19(30)15-11(4)32-18(16(15)17(22)29)23-14(28)9-33-20-25-24-13(7-6-12(21)27)26(20)8-10(2)3/h10H,5-9H2,1-4H3,(H2,21,27)(H2,22,29)(H,23,28). The number of aryl methyl sites for hydroxylation is 2. The minimum atomic E-state index is -0.936. The summed E-state index contributed by atoms with van der Waals surface area (Å²) in [6, 6.07) is 0. The minimum Gasteiger partial charge on any atom is -0.462 e. The fraction of sp³-hybridized carbons (Fsp3) is 0.500. The summed E-state index contributed by atoms with van der Waals surface area (Å²) in [6.45, 7) is 7.81. The highest BCUT2D eigenvalue weighted by Gasteiger charge is 2.29. The molecule has 0 radical (unpaired) electrons. The molecule has 0 saturated carbocycles. The van der Waals surface area contributed by atoms with E-state index in [9.17, 15) is 19.2 Å². The van der Waals surface area contributed by atoms with E-state index in [0.29, 0.717) is 23.9 Å². The molecule has 5 N–H and O–H groups in total. The second-order valence-corrected chi connectivity index (χ2v) is 8.47. The van der Waals surface area contributed by atoms with Crippen LogP contribution in [-0.2, 0) is 27.3 Å². The number of hydrogen-bond donors (Lipinski definition) is 3. The number of ether oxygens (including phenoxy) is 1. The van der Waals surface area contributed by atoms with E-state index in [1.54, 1.807) is 6.92 Å². The summed E-state index contributed by atoms with van der Waals surface area (Å²) in [5, 5.41) is 11.2. The third-order valence-corrected chi connectivity index (χ3v) is 5.30. The number of thioether (sulfide) groups is 1. The number of amides is 3. The number of hydrogen-bond acceptors (Lipinski definition) is 9. The van der Waals surface area contributed by atoms with Crippen molar-refractivity contribution in [2.24, 2.45) is 17.4 Å². The first-order valence-electron chi connectivity index (χ1n) is 10.3. The SMILES string of the molecule is CCOC(=O)c1c(C)oc(NC(=O)CSc2nnc(CCC(N)=O)n2CC(C)C)c1C(N)=O. The zero-order valence-electron chi connectivity index (χ0n) is 19.0. The van der Waals surface area contributed by atoms with Crippen LogP contribution in [0.2, 0.25) is 0 Å². The van der Waals surface area contributed by atoms with Crippen LogP contribution in [0.15, 0.2) is 9.57 Å². The number of nitrogens with two attached hydrogens (primary N) is 2. The molecule has 0 bridgehead atoms. The van der Waals surface area contributed by atoms with Crippen molar-refractivity contribution in [2.45, 2.75) is 52.2 Å². The quantitative estimate of drug-likeness (QED) is 0.297. The fourth-order valence-electron chi connectivity index (χ4n) is 3.00. The van der Waals surface area contributed by atoms with E-state index in [4.69, 9.17) is 20.6 Å². The molecule has 0 atom stereocenters. The Morgan fingerprint density at radius 1 is 1.18 bits per heavy atom. The molecular weight excluding hydrogens is 452 g/mol. The van der Waals surface area contributed by atoms with Gasteiger partial charge in [0.05, 0.1) is 12.4 Å². The Kier molecular flexibility index (Phi) is 9.02. The van der Waals surface area contributed by atoms with Crippen LogP contribution in [0, 0.1) is 12.8 Å². The van der Waals surface area contributed by atoms with Gasteiger partial charge in [0.25, 0.3) is 5.91 Å². The Labute approximate surface area is 194 Å². The number of rotatable bonds is 12. The van der Waals surface area contributed by atoms with Crippen molar-refractivity contribution in [2.75, 3.05) is 17.7 Å². The number of anilines is 1. The van der Waals surface area contributed by atoms with Crippen molar-refractivity contribution in [1.82, 2.24) is 14.8 Å². The van der Waals surface area contributed by atoms with E-state index >= 15 is 0 Å². The molecule has 0 aromatic carbocycles.